The van der Waals surface area contributed by atoms with Crippen LogP contribution in [0.3, 0.4) is 0 Å². The minimum Gasteiger partial charge on any atom is -0.502 e. The van der Waals surface area contributed by atoms with E-state index < -0.39 is 30.5 Å². The molecule has 2 atom stereocenters. The Morgan fingerprint density at radius 3 is 2.53 bits per heavy atom. The molecule has 2 unspecified atom stereocenters. The molecule has 0 radical (unpaired) electrons. The van der Waals surface area contributed by atoms with Crippen LogP contribution >= 0.6 is 0 Å². The van der Waals surface area contributed by atoms with Crippen LogP contribution in [0.15, 0.2) is 12.3 Å². The molecule has 0 bridgehead atoms. The first-order valence-electron chi connectivity index (χ1n) is 4.92. The summed E-state index contributed by atoms with van der Waals surface area (Å²) in [6.07, 6.45) is 0.743. The van der Waals surface area contributed by atoms with Crippen molar-refractivity contribution in [2.75, 3.05) is 6.61 Å². The van der Waals surface area contributed by atoms with Gasteiger partial charge in [0, 0.05) is 0 Å². The highest BCUT2D eigenvalue weighted by Gasteiger charge is 2.31. The summed E-state index contributed by atoms with van der Waals surface area (Å²) < 4.78 is 4.82. The second kappa shape index (κ2) is 5.14. The second-order valence-corrected chi connectivity index (χ2v) is 3.82. The molecule has 1 fully saturated rings. The molecule has 0 aromatic rings. The van der Waals surface area contributed by atoms with Gasteiger partial charge in [0.2, 0.25) is 0 Å². The Labute approximate surface area is 88.0 Å². The molecule has 1 saturated carbocycles. The van der Waals surface area contributed by atoms with Crippen molar-refractivity contribution < 1.29 is 24.9 Å². The lowest BCUT2D eigenvalue weighted by Crippen LogP contribution is -2.34. The van der Waals surface area contributed by atoms with Crippen LogP contribution in [0.4, 0.5) is 0 Å². The topological polar surface area (TPSA) is 87.0 Å². The number of hydrogen-bond donors (Lipinski definition) is 3. The smallest absolute Gasteiger partial charge is 0.373 e. The van der Waals surface area contributed by atoms with Crippen LogP contribution < -0.4 is 0 Å². The average molecular weight is 216 g/mol. The number of carbonyl (C=O) groups excluding carboxylic acids is 1. The Kier molecular flexibility index (Phi) is 4.11. The molecule has 0 heterocycles. The van der Waals surface area contributed by atoms with Crippen molar-refractivity contribution in [2.24, 2.45) is 5.92 Å². The zero-order valence-corrected chi connectivity index (χ0v) is 8.43. The number of rotatable bonds is 6. The lowest BCUT2D eigenvalue weighted by molar-refractivity contribution is -0.155. The largest absolute Gasteiger partial charge is 0.502 e. The van der Waals surface area contributed by atoms with Crippen molar-refractivity contribution in [2.45, 2.75) is 31.5 Å². The third-order valence-corrected chi connectivity index (χ3v) is 2.37. The molecule has 1 rings (SSSR count). The van der Waals surface area contributed by atoms with Gasteiger partial charge < -0.3 is 20.1 Å². The van der Waals surface area contributed by atoms with Crippen molar-refractivity contribution in [3.05, 3.63) is 12.3 Å². The van der Waals surface area contributed by atoms with Gasteiger partial charge >= 0.3 is 5.97 Å². The van der Waals surface area contributed by atoms with E-state index in [-0.39, 0.29) is 0 Å². The molecule has 1 aliphatic rings. The summed E-state index contributed by atoms with van der Waals surface area (Å²) in [5.74, 6) is -1.20. The van der Waals surface area contributed by atoms with Crippen LogP contribution in [0.1, 0.15) is 19.3 Å². The van der Waals surface area contributed by atoms with E-state index in [1.54, 1.807) is 0 Å². The molecule has 5 heteroatoms. The van der Waals surface area contributed by atoms with Gasteiger partial charge in [-0.25, -0.2) is 4.79 Å². The summed E-state index contributed by atoms with van der Waals surface area (Å²) in [7, 11) is 0. The molecule has 0 aliphatic heterocycles. The van der Waals surface area contributed by atoms with Crippen molar-refractivity contribution in [3.8, 4) is 0 Å². The summed E-state index contributed by atoms with van der Waals surface area (Å²) in [5, 5.41) is 26.9. The van der Waals surface area contributed by atoms with Gasteiger partial charge in [-0.1, -0.05) is 12.8 Å². The van der Waals surface area contributed by atoms with Crippen molar-refractivity contribution >= 4 is 5.97 Å². The van der Waals surface area contributed by atoms with E-state index in [2.05, 4.69) is 6.58 Å². The first kappa shape index (κ1) is 12.0. The van der Waals surface area contributed by atoms with Gasteiger partial charge in [0.05, 0.1) is 6.61 Å². The fourth-order valence-corrected chi connectivity index (χ4v) is 1.29. The predicted octanol–water partition coefficient (Wildman–Crippen LogP) is 0.123. The number of carbonyl (C=O) groups is 1. The molecule has 5 nitrogen and oxygen atoms in total. The highest BCUT2D eigenvalue weighted by Crippen LogP contribution is 2.35. The fourth-order valence-electron chi connectivity index (χ4n) is 1.29. The fraction of sp³-hybridized carbons (Fsp3) is 0.700. The van der Waals surface area contributed by atoms with Gasteiger partial charge in [0.25, 0.3) is 0 Å². The highest BCUT2D eigenvalue weighted by atomic mass is 16.6. The average Bonchev–Trinajstić information content (AvgIpc) is 2.99. The molecule has 0 aromatic carbocycles. The maximum absolute atomic E-state index is 11.0. The molecule has 0 aromatic heterocycles. The van der Waals surface area contributed by atoms with Crippen molar-refractivity contribution in [1.29, 1.82) is 0 Å². The molecule has 3 N–H and O–H groups in total. The molecule has 15 heavy (non-hydrogen) atoms. The van der Waals surface area contributed by atoms with Gasteiger partial charge in [-0.2, -0.15) is 0 Å². The van der Waals surface area contributed by atoms with Crippen LogP contribution in [0.25, 0.3) is 0 Å². The van der Waals surface area contributed by atoms with E-state index in [9.17, 15) is 9.90 Å². The Hall–Kier alpha value is -1.07. The van der Waals surface area contributed by atoms with E-state index in [0.717, 1.165) is 12.8 Å². The predicted molar refractivity (Wildman–Crippen MR) is 52.1 cm³/mol. The van der Waals surface area contributed by atoms with Crippen LogP contribution in [0, 0.1) is 5.92 Å². The first-order chi connectivity index (χ1) is 7.04. The Morgan fingerprint density at radius 2 is 2.13 bits per heavy atom. The lowest BCUT2D eigenvalue weighted by atomic mass is 10.1. The third kappa shape index (κ3) is 3.89. The number of aliphatic hydroxyl groups is 3. The van der Waals surface area contributed by atoms with Gasteiger partial charge in [-0.15, -0.1) is 0 Å². The lowest BCUT2D eigenvalue weighted by Gasteiger charge is -2.21. The van der Waals surface area contributed by atoms with Gasteiger partial charge in [0.15, 0.2) is 5.76 Å². The molecule has 1 aliphatic carbocycles. The molecular formula is C10H16O5. The van der Waals surface area contributed by atoms with Crippen LogP contribution in [-0.2, 0) is 9.53 Å². The third-order valence-electron chi connectivity index (χ3n) is 2.37. The first-order valence-corrected chi connectivity index (χ1v) is 4.92. The van der Waals surface area contributed by atoms with Crippen LogP contribution in [0.2, 0.25) is 0 Å². The summed E-state index contributed by atoms with van der Waals surface area (Å²) >= 11 is 0. The molecule has 0 saturated heterocycles. The molecule has 0 spiro atoms. The standard InChI is InChI=1S/C10H16O5/c1-6(12)10(14)15-9(8(13)5-11)4-7-2-3-7/h7-9,11-13H,1-5H2. The maximum atomic E-state index is 11.0. The summed E-state index contributed by atoms with van der Waals surface area (Å²) in [6.45, 7) is 2.56. The van der Waals surface area contributed by atoms with Crippen molar-refractivity contribution in [1.82, 2.24) is 0 Å². The quantitative estimate of drug-likeness (QED) is 0.333. The van der Waals surface area contributed by atoms with Gasteiger partial charge in [-0.05, 0) is 18.9 Å². The summed E-state index contributed by atoms with van der Waals surface area (Å²) in [4.78, 5) is 11.0. The maximum Gasteiger partial charge on any atom is 0.373 e. The normalized spacial score (nSPS) is 19.3. The highest BCUT2D eigenvalue weighted by molar-refractivity contribution is 5.85. The molecule has 0 amide bonds. The number of esters is 1. The second-order valence-electron chi connectivity index (χ2n) is 3.82. The Balaban J connectivity index is 2.46. The number of aliphatic hydroxyl groups excluding tert-OH is 3. The monoisotopic (exact) mass is 216 g/mol. The van der Waals surface area contributed by atoms with Crippen LogP contribution in [-0.4, -0.2) is 40.1 Å². The Bertz CT molecular complexity index is 246. The Morgan fingerprint density at radius 1 is 1.53 bits per heavy atom. The van der Waals surface area contributed by atoms with Crippen molar-refractivity contribution in [3.63, 3.8) is 0 Å². The zero-order valence-electron chi connectivity index (χ0n) is 8.43. The number of ether oxygens (including phenoxy) is 1. The SMILES string of the molecule is C=C(O)C(=O)OC(CC1CC1)C(O)CO. The van der Waals surface area contributed by atoms with E-state index in [1.165, 1.54) is 0 Å². The van der Waals surface area contributed by atoms with E-state index in [4.69, 9.17) is 14.9 Å². The minimum absolute atomic E-state index is 0.441. The van der Waals surface area contributed by atoms with Gasteiger partial charge in [0.1, 0.15) is 12.2 Å². The molecule has 86 valence electrons. The van der Waals surface area contributed by atoms with E-state index in [0.29, 0.717) is 12.3 Å². The minimum atomic E-state index is -1.10. The van der Waals surface area contributed by atoms with Crippen LogP contribution in [0.5, 0.6) is 0 Å². The summed E-state index contributed by atoms with van der Waals surface area (Å²) in [6, 6.07) is 0. The van der Waals surface area contributed by atoms with E-state index in [1.807, 2.05) is 0 Å². The molecular weight excluding hydrogens is 200 g/mol. The van der Waals surface area contributed by atoms with Gasteiger partial charge in [-0.3, -0.25) is 0 Å². The zero-order chi connectivity index (χ0) is 11.4. The number of hydrogen-bond acceptors (Lipinski definition) is 5. The summed E-state index contributed by atoms with van der Waals surface area (Å²) in [5.41, 5.74) is 0. The van der Waals surface area contributed by atoms with E-state index >= 15 is 0 Å².